The molecule has 0 radical (unpaired) electrons. The molecular weight excluding hydrogens is 877 g/mol. The summed E-state index contributed by atoms with van der Waals surface area (Å²) in [5.74, 6) is 2.35. The molecule has 9 rings (SSSR count). The van der Waals surface area contributed by atoms with Crippen molar-refractivity contribution in [3.05, 3.63) is 106 Å². The fraction of sp³-hybridized carbons (Fsp3) is 0.490. The summed E-state index contributed by atoms with van der Waals surface area (Å²) >= 11 is 2.07. The van der Waals surface area contributed by atoms with Crippen LogP contribution in [-0.2, 0) is 10.0 Å². The third-order valence-electron chi connectivity index (χ3n) is 14.6. The van der Waals surface area contributed by atoms with Gasteiger partial charge in [0.05, 0.1) is 28.5 Å². The second-order valence-corrected chi connectivity index (χ2v) is 22.4. The number of H-pyrrole nitrogens is 1. The van der Waals surface area contributed by atoms with Crippen LogP contribution in [0.4, 0.5) is 17.2 Å². The maximum Gasteiger partial charge on any atom is 0.312 e. The number of aliphatic hydroxyl groups is 1. The summed E-state index contributed by atoms with van der Waals surface area (Å²) in [5, 5.41) is 26.2. The Morgan fingerprint density at radius 1 is 1.03 bits per heavy atom. The number of amides is 1. The van der Waals surface area contributed by atoms with Crippen LogP contribution < -0.4 is 19.7 Å². The average molecular weight is 937 g/mol. The fourth-order valence-corrected chi connectivity index (χ4v) is 12.9. The highest BCUT2D eigenvalue weighted by Gasteiger charge is 2.51. The van der Waals surface area contributed by atoms with Gasteiger partial charge in [-0.3, -0.25) is 19.8 Å². The number of anilines is 2. The first-order chi connectivity index (χ1) is 31.6. The van der Waals surface area contributed by atoms with Crippen LogP contribution in [0.5, 0.6) is 11.5 Å². The molecule has 0 bridgehead atoms. The van der Waals surface area contributed by atoms with Gasteiger partial charge in [-0.15, -0.1) is 0 Å². The number of hydrogen-bond acceptors (Lipinski definition) is 13. The van der Waals surface area contributed by atoms with E-state index in [1.54, 1.807) is 31.3 Å². The Labute approximate surface area is 390 Å². The second-order valence-electron chi connectivity index (χ2n) is 19.6. The van der Waals surface area contributed by atoms with E-state index in [-0.39, 0.29) is 28.5 Å². The summed E-state index contributed by atoms with van der Waals surface area (Å²) in [6, 6.07) is 20.1. The number of aromatic amines is 1. The Morgan fingerprint density at radius 2 is 1.79 bits per heavy atom. The number of pyridine rings is 2. The zero-order valence-corrected chi connectivity index (χ0v) is 39.7. The molecule has 5 aromatic rings. The highest BCUT2D eigenvalue weighted by atomic mass is 32.2. The van der Waals surface area contributed by atoms with Gasteiger partial charge in [-0.2, -0.15) is 11.8 Å². The minimum absolute atomic E-state index is 0.0404. The Morgan fingerprint density at radius 3 is 2.53 bits per heavy atom. The molecule has 1 unspecified atom stereocenters. The Hall–Kier alpha value is -5.23. The van der Waals surface area contributed by atoms with Gasteiger partial charge in [0.1, 0.15) is 22.0 Å². The molecule has 2 aliphatic heterocycles. The number of rotatable bonds is 13. The lowest BCUT2D eigenvalue weighted by Gasteiger charge is -2.59. The number of fused-ring (bicyclic) bond motifs is 1. The van der Waals surface area contributed by atoms with Gasteiger partial charge in [0, 0.05) is 78.7 Å². The molecule has 4 fully saturated rings. The van der Waals surface area contributed by atoms with E-state index in [1.807, 2.05) is 12.1 Å². The van der Waals surface area contributed by atoms with Crippen molar-refractivity contribution >= 4 is 55.9 Å². The van der Waals surface area contributed by atoms with Gasteiger partial charge in [0.2, 0.25) is 5.82 Å². The zero-order valence-electron chi connectivity index (χ0n) is 38.0. The van der Waals surface area contributed by atoms with Gasteiger partial charge in [0.15, 0.2) is 0 Å². The predicted molar refractivity (Wildman–Crippen MR) is 258 cm³/mol. The van der Waals surface area contributed by atoms with Crippen molar-refractivity contribution in [1.29, 1.82) is 0 Å². The minimum atomic E-state index is -4.63. The number of carbonyl (C=O) groups is 1. The number of aromatic nitrogens is 3. The van der Waals surface area contributed by atoms with Crippen LogP contribution in [-0.4, -0.2) is 93.0 Å². The third-order valence-corrected chi connectivity index (χ3v) is 17.1. The lowest BCUT2D eigenvalue weighted by atomic mass is 9.59. The van der Waals surface area contributed by atoms with Crippen molar-refractivity contribution in [2.24, 2.45) is 11.3 Å². The maximum absolute atomic E-state index is 14.0. The number of nitrogens with zero attached hydrogens (tertiary/aromatic N) is 5. The van der Waals surface area contributed by atoms with E-state index in [0.29, 0.717) is 54.8 Å². The van der Waals surface area contributed by atoms with Crippen molar-refractivity contribution < 1.29 is 28.0 Å². The Bertz CT molecular complexity index is 2700. The SMILES string of the molecule is CC(C)c1ccccc1[C@@H]1CSCC(C)N1C1CC2(CCN(c3ccc(C(=O)NS(=O)(=O)c4cnc(NC[C@H]5CC[C@](C)(O)CC5)c([N+](=O)[O-])c4)c(Oc4cnc5[nH]ccc5c4)c3)CC2)C1. The molecule has 350 valence electrons. The van der Waals surface area contributed by atoms with Gasteiger partial charge in [-0.05, 0) is 118 Å². The monoisotopic (exact) mass is 936 g/mol. The summed E-state index contributed by atoms with van der Waals surface area (Å²) in [4.78, 5) is 41.7. The number of sulfonamides is 1. The van der Waals surface area contributed by atoms with Crippen molar-refractivity contribution in [3.8, 4) is 11.5 Å². The first kappa shape index (κ1) is 45.9. The van der Waals surface area contributed by atoms with E-state index in [2.05, 4.69) is 91.6 Å². The standard InChI is InChI=1S/C49H60N8O7S2/c1-31(2)39-7-5-6-8-40(39)43-30-65-29-32(3)56(43)36-24-49(25-36)16-19-55(20-17-49)35-9-10-41(44(22-35)64-37-21-34-13-18-50-45(34)52-27-37)47(58)54-66(62,63)38-23-42(57(60)61)46(53-28-38)51-26-33-11-14-48(4,59)15-12-33/h5-10,13,18,21-23,27-28,31-33,36,43,59H,11-12,14-17,19-20,24-26,29-30H2,1-4H3,(H,50,52)(H,51,53)(H,54,58)/t32?,33-,43-,48-/m0/s1. The lowest BCUT2D eigenvalue weighted by molar-refractivity contribution is -0.384. The molecule has 5 heterocycles. The quantitative estimate of drug-likeness (QED) is 0.0645. The molecule has 17 heteroatoms. The van der Waals surface area contributed by atoms with Gasteiger partial charge in [-0.25, -0.2) is 23.1 Å². The van der Waals surface area contributed by atoms with Gasteiger partial charge >= 0.3 is 5.69 Å². The first-order valence-corrected chi connectivity index (χ1v) is 25.8. The number of hydrogen-bond donors (Lipinski definition) is 4. The molecule has 66 heavy (non-hydrogen) atoms. The topological polar surface area (TPSA) is 196 Å². The largest absolute Gasteiger partial charge is 0.455 e. The summed E-state index contributed by atoms with van der Waals surface area (Å²) in [5.41, 5.74) is 3.41. The van der Waals surface area contributed by atoms with Crippen molar-refractivity contribution in [3.63, 3.8) is 0 Å². The van der Waals surface area contributed by atoms with Crippen LogP contribution in [0, 0.1) is 21.4 Å². The molecule has 2 atom stereocenters. The van der Waals surface area contributed by atoms with Gasteiger partial charge in [0.25, 0.3) is 15.9 Å². The summed E-state index contributed by atoms with van der Waals surface area (Å²) in [7, 11) is -4.63. The van der Waals surface area contributed by atoms with E-state index in [0.717, 1.165) is 73.6 Å². The predicted octanol–water partition coefficient (Wildman–Crippen LogP) is 9.18. The van der Waals surface area contributed by atoms with E-state index < -0.39 is 37.0 Å². The van der Waals surface area contributed by atoms with Crippen molar-refractivity contribution in [2.45, 2.75) is 114 Å². The fourth-order valence-electron chi connectivity index (χ4n) is 10.8. The lowest BCUT2D eigenvalue weighted by Crippen LogP contribution is -2.59. The molecule has 4 aliphatic rings. The van der Waals surface area contributed by atoms with Crippen LogP contribution in [0.25, 0.3) is 11.0 Å². The Kier molecular flexibility index (Phi) is 12.8. The molecule has 1 spiro atoms. The molecular formula is C49H60N8O7S2. The van der Waals surface area contributed by atoms with E-state index in [4.69, 9.17) is 4.74 Å². The smallest absolute Gasteiger partial charge is 0.312 e. The zero-order chi connectivity index (χ0) is 46.4. The highest BCUT2D eigenvalue weighted by molar-refractivity contribution is 7.99. The summed E-state index contributed by atoms with van der Waals surface area (Å²) in [6.07, 6.45) is 11.4. The molecule has 2 aliphatic carbocycles. The molecule has 2 aromatic carbocycles. The van der Waals surface area contributed by atoms with E-state index >= 15 is 0 Å². The molecule has 2 saturated carbocycles. The van der Waals surface area contributed by atoms with Crippen molar-refractivity contribution in [2.75, 3.05) is 41.4 Å². The molecule has 4 N–H and O–H groups in total. The first-order valence-electron chi connectivity index (χ1n) is 23.2. The second kappa shape index (κ2) is 18.5. The van der Waals surface area contributed by atoms with Crippen LogP contribution in [0.15, 0.2) is 84.1 Å². The normalized spacial score (nSPS) is 23.7. The van der Waals surface area contributed by atoms with Crippen LogP contribution >= 0.6 is 11.8 Å². The van der Waals surface area contributed by atoms with Crippen molar-refractivity contribution in [1.82, 2.24) is 24.6 Å². The number of nitro groups is 1. The Balaban J connectivity index is 0.903. The minimum Gasteiger partial charge on any atom is -0.455 e. The summed E-state index contributed by atoms with van der Waals surface area (Å²) in [6.45, 7) is 10.8. The van der Waals surface area contributed by atoms with E-state index in [1.165, 1.54) is 30.2 Å². The molecule has 1 amide bonds. The van der Waals surface area contributed by atoms with Gasteiger partial charge < -0.3 is 25.0 Å². The van der Waals surface area contributed by atoms with Gasteiger partial charge in [-0.1, -0.05) is 38.1 Å². The number of benzene rings is 2. The average Bonchev–Trinajstić information content (AvgIpc) is 3.76. The molecule has 3 aromatic heterocycles. The number of nitrogens with one attached hydrogen (secondary N) is 3. The maximum atomic E-state index is 14.0. The highest BCUT2D eigenvalue weighted by Crippen LogP contribution is 2.54. The number of thioether (sulfide) groups is 1. The van der Waals surface area contributed by atoms with E-state index in [9.17, 15) is 28.4 Å². The summed E-state index contributed by atoms with van der Waals surface area (Å²) < 4.78 is 35.9. The number of carbonyl (C=O) groups excluding carboxylic acids is 1. The number of ether oxygens (including phenoxy) is 1. The molecule has 2 saturated heterocycles. The third kappa shape index (κ3) is 9.62. The molecule has 15 nitrogen and oxygen atoms in total. The van der Waals surface area contributed by atoms with Crippen LogP contribution in [0.1, 0.15) is 113 Å². The van der Waals surface area contributed by atoms with Crippen LogP contribution in [0.2, 0.25) is 0 Å². The number of piperidine rings is 1. The van der Waals surface area contributed by atoms with Crippen LogP contribution in [0.3, 0.4) is 0 Å².